The fraction of sp³-hybridized carbons (Fsp3) is 0.697. The third-order valence-electron chi connectivity index (χ3n) is 14.2. The van der Waals surface area contributed by atoms with Gasteiger partial charge in [-0.2, -0.15) is 0 Å². The van der Waals surface area contributed by atoms with Crippen LogP contribution in [0.25, 0.3) is 0 Å². The molecule has 0 radical (unpaired) electrons. The Morgan fingerprint density at radius 3 is 1.31 bits per heavy atom. The molecule has 0 spiro atoms. The van der Waals surface area contributed by atoms with Crippen molar-refractivity contribution in [3.63, 3.8) is 0 Å². The number of hydrogen-bond donors (Lipinski definition) is 17. The maximum absolute atomic E-state index is 14.9. The summed E-state index contributed by atoms with van der Waals surface area (Å²) in [5.41, 5.74) is 2.85. The molecule has 35 nitrogen and oxygen atoms in total. The van der Waals surface area contributed by atoms with E-state index in [-0.39, 0.29) is 70.6 Å². The van der Waals surface area contributed by atoms with Crippen molar-refractivity contribution in [3.8, 4) is 0 Å². The highest BCUT2D eigenvalue weighted by molar-refractivity contribution is 5.99. The molecule has 1 aromatic rings. The standard InChI is InChI=1S/C66H111N15O20/c1-17-40-50(85)68-29-24-41(77-57(92)47(35-82)80-58(93)48(37(4)83)81-49(84)39(67)23-28-69-59(94)98-63(5,6)7)52(87)75-44(27-32-72-62(97)101-66(14,15)16)54(89)79-46(34-38-21-19-18-20-22-38)56(91)78-45(33-36(2)3)55(90)76-43(26-31-71-61(96)100-65(11,12)13)53(88)74-42(51(86)73-40)25-30-70-60(95)99-64(8,9)10/h18-22,36-37,39-48,82-83H,17,23-35,67H2,1-16H3,(H,68,85)(H,69,94)(H,70,95)(H,71,96)(H,72,97)(H,73,86)(H,74,88)(H,75,87)(H,76,90)(H,77,92)(H,78,91)(H,79,89)(H,80,93)(H,81,84)/t37-,39+,40+,41+,42+,43+,44+,45+,46-,47-,48+/m1/s1. The molecule has 0 aromatic heterocycles. The van der Waals surface area contributed by atoms with Gasteiger partial charge in [0.1, 0.15) is 76.8 Å². The fourth-order valence-corrected chi connectivity index (χ4v) is 9.35. The second kappa shape index (κ2) is 41.6. The Hall–Kier alpha value is -9.12. The topological polar surface area (TPSA) is 511 Å². The lowest BCUT2D eigenvalue weighted by atomic mass is 10.00. The monoisotopic (exact) mass is 1430 g/mol. The number of amides is 14. The number of ether oxygens (including phenoxy) is 4. The smallest absolute Gasteiger partial charge is 0.407 e. The third kappa shape index (κ3) is 36.2. The summed E-state index contributed by atoms with van der Waals surface area (Å²) in [6, 6.07) is -8.03. The van der Waals surface area contributed by atoms with E-state index in [9.17, 15) is 77.3 Å². The first kappa shape index (κ1) is 88.0. The third-order valence-corrected chi connectivity index (χ3v) is 14.2. The molecule has 1 aliphatic rings. The second-order valence-corrected chi connectivity index (χ2v) is 28.7. The van der Waals surface area contributed by atoms with Gasteiger partial charge in [-0.1, -0.05) is 51.1 Å². The van der Waals surface area contributed by atoms with Gasteiger partial charge in [0, 0.05) is 39.1 Å². The molecule has 1 fully saturated rings. The minimum absolute atomic E-state index is 0.0801. The molecular weight excluding hydrogens is 1320 g/mol. The molecule has 1 aliphatic heterocycles. The number of carbonyl (C=O) groups excluding carboxylic acids is 14. The van der Waals surface area contributed by atoms with Crippen LogP contribution in [0.5, 0.6) is 0 Å². The van der Waals surface area contributed by atoms with E-state index >= 15 is 0 Å². The Morgan fingerprint density at radius 2 is 0.901 bits per heavy atom. The minimum atomic E-state index is -1.96. The van der Waals surface area contributed by atoms with Crippen LogP contribution < -0.4 is 80.2 Å². The first-order chi connectivity index (χ1) is 46.8. The highest BCUT2D eigenvalue weighted by Gasteiger charge is 2.38. The Bertz CT molecular complexity index is 2960. The molecule has 11 atom stereocenters. The number of hydrogen-bond acceptors (Lipinski definition) is 21. The van der Waals surface area contributed by atoms with Crippen molar-refractivity contribution in [3.05, 3.63) is 35.9 Å². The summed E-state index contributed by atoms with van der Waals surface area (Å²) < 4.78 is 21.3. The molecule has 18 N–H and O–H groups in total. The van der Waals surface area contributed by atoms with Crippen molar-refractivity contribution in [2.45, 2.75) is 251 Å². The normalized spacial score (nSPS) is 20.8. The molecule has 14 amide bonds. The number of aliphatic hydroxyl groups excluding tert-OH is 2. The van der Waals surface area contributed by atoms with Gasteiger partial charge in [0.25, 0.3) is 0 Å². The van der Waals surface area contributed by atoms with E-state index in [1.54, 1.807) is 127 Å². The van der Waals surface area contributed by atoms with Gasteiger partial charge in [-0.05, 0) is 146 Å². The van der Waals surface area contributed by atoms with E-state index in [2.05, 4.69) is 74.4 Å². The van der Waals surface area contributed by atoms with E-state index in [1.165, 1.54) is 6.92 Å². The van der Waals surface area contributed by atoms with Crippen LogP contribution >= 0.6 is 0 Å². The Kier molecular flexibility index (Phi) is 36.2. The van der Waals surface area contributed by atoms with Gasteiger partial charge in [0.15, 0.2) is 0 Å². The van der Waals surface area contributed by atoms with Crippen LogP contribution in [0.3, 0.4) is 0 Å². The average molecular weight is 1430 g/mol. The lowest BCUT2D eigenvalue weighted by Crippen LogP contribution is -2.62. The number of aliphatic hydroxyl groups is 2. The van der Waals surface area contributed by atoms with Gasteiger partial charge in [-0.3, -0.25) is 47.9 Å². The number of nitrogens with one attached hydrogen (secondary N) is 14. The highest BCUT2D eigenvalue weighted by atomic mass is 16.6. The quantitative estimate of drug-likeness (QED) is 0.0518. The molecular formula is C66H111N15O20. The summed E-state index contributed by atoms with van der Waals surface area (Å²) in [4.78, 5) is 195. The van der Waals surface area contributed by atoms with Crippen LogP contribution in [0.2, 0.25) is 0 Å². The molecule has 1 saturated heterocycles. The molecule has 0 bridgehead atoms. The molecule has 2 rings (SSSR count). The molecule has 35 heteroatoms. The van der Waals surface area contributed by atoms with Crippen molar-refractivity contribution >= 4 is 83.4 Å². The average Bonchev–Trinajstić information content (AvgIpc) is 1.11. The minimum Gasteiger partial charge on any atom is -0.444 e. The molecule has 570 valence electrons. The maximum atomic E-state index is 14.9. The van der Waals surface area contributed by atoms with Gasteiger partial charge in [-0.15, -0.1) is 0 Å². The van der Waals surface area contributed by atoms with Crippen molar-refractivity contribution in [2.24, 2.45) is 11.7 Å². The number of carbonyl (C=O) groups is 14. The van der Waals surface area contributed by atoms with Gasteiger partial charge in [0.05, 0.1) is 18.8 Å². The molecule has 0 unspecified atom stereocenters. The van der Waals surface area contributed by atoms with Crippen LogP contribution in [0, 0.1) is 5.92 Å². The molecule has 0 saturated carbocycles. The van der Waals surface area contributed by atoms with Crippen molar-refractivity contribution in [1.29, 1.82) is 0 Å². The van der Waals surface area contributed by atoms with E-state index in [1.807, 2.05) is 0 Å². The zero-order valence-corrected chi connectivity index (χ0v) is 61.0. The molecule has 101 heavy (non-hydrogen) atoms. The van der Waals surface area contributed by atoms with Crippen LogP contribution in [0.15, 0.2) is 30.3 Å². The Balaban J connectivity index is 2.90. The zero-order valence-electron chi connectivity index (χ0n) is 61.0. The van der Waals surface area contributed by atoms with Crippen LogP contribution in [-0.4, -0.2) is 222 Å². The predicted octanol–water partition coefficient (Wildman–Crippen LogP) is -1.07. The van der Waals surface area contributed by atoms with Crippen LogP contribution in [0.1, 0.15) is 161 Å². The van der Waals surface area contributed by atoms with E-state index in [0.29, 0.717) is 5.56 Å². The molecule has 1 aromatic carbocycles. The van der Waals surface area contributed by atoms with Crippen LogP contribution in [-0.2, 0) is 73.3 Å². The molecule has 0 aliphatic carbocycles. The predicted molar refractivity (Wildman–Crippen MR) is 367 cm³/mol. The zero-order chi connectivity index (χ0) is 76.8. The lowest BCUT2D eigenvalue weighted by Gasteiger charge is -2.29. The summed E-state index contributed by atoms with van der Waals surface area (Å²) in [6.45, 7) is 22.7. The van der Waals surface area contributed by atoms with E-state index < -0.39 is 198 Å². The first-order valence-corrected chi connectivity index (χ1v) is 33.8. The van der Waals surface area contributed by atoms with Crippen molar-refractivity contribution in [1.82, 2.24) is 74.4 Å². The summed E-state index contributed by atoms with van der Waals surface area (Å²) in [7, 11) is 0. The van der Waals surface area contributed by atoms with E-state index in [4.69, 9.17) is 24.7 Å². The summed E-state index contributed by atoms with van der Waals surface area (Å²) in [6.07, 6.45) is -7.44. The lowest BCUT2D eigenvalue weighted by molar-refractivity contribution is -0.137. The van der Waals surface area contributed by atoms with Gasteiger partial charge in [0.2, 0.25) is 59.1 Å². The second-order valence-electron chi connectivity index (χ2n) is 28.7. The molecule has 1 heterocycles. The first-order valence-electron chi connectivity index (χ1n) is 33.8. The Labute approximate surface area is 590 Å². The van der Waals surface area contributed by atoms with Gasteiger partial charge >= 0.3 is 24.4 Å². The summed E-state index contributed by atoms with van der Waals surface area (Å²) in [5.74, 6) is -10.8. The SMILES string of the molecule is CC[C@@H]1NC(=O)[C@H](CCNC(=O)OC(C)(C)C)NC(=O)[C@H](CCNC(=O)OC(C)(C)C)NC(=O)[C@H](CC(C)C)NC(=O)[C@@H](Cc2ccccc2)NC(=O)[C@H](CCNC(=O)OC(C)(C)C)NC(=O)[C@@H](NC(=O)[C@@H](CO)NC(=O)[C@@H](NC(=O)[C@@H](N)CCNC(=O)OC(C)(C)C)[C@@H](C)O)CCNC1=O. The number of rotatable bonds is 25. The van der Waals surface area contributed by atoms with Gasteiger partial charge in [-0.25, -0.2) is 19.2 Å². The van der Waals surface area contributed by atoms with Crippen LogP contribution in [0.4, 0.5) is 19.2 Å². The summed E-state index contributed by atoms with van der Waals surface area (Å²) in [5, 5.41) is 56.5. The van der Waals surface area contributed by atoms with Gasteiger partial charge < -0.3 is 109 Å². The largest absolute Gasteiger partial charge is 0.444 e. The van der Waals surface area contributed by atoms with Crippen molar-refractivity contribution in [2.75, 3.05) is 39.3 Å². The Morgan fingerprint density at radius 1 is 0.515 bits per heavy atom. The maximum Gasteiger partial charge on any atom is 0.407 e. The fourth-order valence-electron chi connectivity index (χ4n) is 9.35. The number of nitrogens with two attached hydrogens (primary N) is 1. The van der Waals surface area contributed by atoms with Crippen molar-refractivity contribution < 1.29 is 96.3 Å². The number of benzene rings is 1. The highest BCUT2D eigenvalue weighted by Crippen LogP contribution is 2.14. The summed E-state index contributed by atoms with van der Waals surface area (Å²) >= 11 is 0. The number of alkyl carbamates (subject to hydrolysis) is 4. The van der Waals surface area contributed by atoms with E-state index in [0.717, 1.165) is 6.92 Å².